The van der Waals surface area contributed by atoms with Crippen molar-refractivity contribution in [3.05, 3.63) is 58.4 Å². The highest BCUT2D eigenvalue weighted by Crippen LogP contribution is 2.45. The summed E-state index contributed by atoms with van der Waals surface area (Å²) < 4.78 is 14.9. The fourth-order valence-electron chi connectivity index (χ4n) is 4.03. The van der Waals surface area contributed by atoms with Gasteiger partial charge in [-0.1, -0.05) is 24.3 Å². The van der Waals surface area contributed by atoms with E-state index in [0.29, 0.717) is 12.0 Å². The zero-order chi connectivity index (χ0) is 16.0. The third-order valence-corrected chi connectivity index (χ3v) is 5.05. The van der Waals surface area contributed by atoms with E-state index in [1.165, 1.54) is 6.07 Å². The van der Waals surface area contributed by atoms with E-state index in [-0.39, 0.29) is 11.7 Å². The van der Waals surface area contributed by atoms with Crippen molar-refractivity contribution in [3.63, 3.8) is 0 Å². The molecule has 0 saturated carbocycles. The highest BCUT2D eigenvalue weighted by molar-refractivity contribution is 5.98. The second kappa shape index (κ2) is 5.46. The van der Waals surface area contributed by atoms with Crippen LogP contribution in [0.25, 0.3) is 11.1 Å². The van der Waals surface area contributed by atoms with Crippen molar-refractivity contribution in [1.82, 2.24) is 5.32 Å². The maximum atomic E-state index is 14.9. The quantitative estimate of drug-likeness (QED) is 0.764. The van der Waals surface area contributed by atoms with Gasteiger partial charge in [-0.15, -0.1) is 0 Å². The Morgan fingerprint density at radius 2 is 2.13 bits per heavy atom. The van der Waals surface area contributed by atoms with E-state index in [1.54, 1.807) is 0 Å². The molecule has 2 aromatic carbocycles. The lowest BCUT2D eigenvalue weighted by atomic mass is 9.84. The lowest BCUT2D eigenvalue weighted by Crippen LogP contribution is -2.29. The fraction of sp³-hybridized carbons (Fsp3) is 0.316. The second-order valence-corrected chi connectivity index (χ2v) is 6.41. The maximum absolute atomic E-state index is 14.9. The van der Waals surface area contributed by atoms with Gasteiger partial charge in [-0.05, 0) is 60.0 Å². The Morgan fingerprint density at radius 3 is 2.87 bits per heavy atom. The normalized spacial score (nSPS) is 19.3. The molecule has 0 radical (unpaired) electrons. The molecular weight excluding hydrogens is 291 g/mol. The Bertz CT molecular complexity index is 794. The van der Waals surface area contributed by atoms with Gasteiger partial charge < -0.3 is 11.1 Å². The summed E-state index contributed by atoms with van der Waals surface area (Å²) in [5, 5.41) is 3.35. The minimum absolute atomic E-state index is 0.144. The van der Waals surface area contributed by atoms with Crippen molar-refractivity contribution in [2.75, 3.05) is 13.1 Å². The van der Waals surface area contributed by atoms with Crippen molar-refractivity contribution in [1.29, 1.82) is 0 Å². The lowest BCUT2D eigenvalue weighted by molar-refractivity contribution is 0.0999. The van der Waals surface area contributed by atoms with Gasteiger partial charge in [0.2, 0.25) is 5.91 Å². The molecule has 1 heterocycles. The first kappa shape index (κ1) is 14.4. The number of hydrogen-bond acceptors (Lipinski definition) is 2. The fourth-order valence-corrected chi connectivity index (χ4v) is 4.03. The van der Waals surface area contributed by atoms with Crippen molar-refractivity contribution in [2.24, 2.45) is 5.73 Å². The summed E-state index contributed by atoms with van der Waals surface area (Å²) in [6, 6.07) is 9.35. The van der Waals surface area contributed by atoms with Crippen molar-refractivity contribution in [3.8, 4) is 11.1 Å². The number of carbonyl (C=O) groups is 1. The van der Waals surface area contributed by atoms with E-state index in [4.69, 9.17) is 5.73 Å². The van der Waals surface area contributed by atoms with Gasteiger partial charge in [0.15, 0.2) is 0 Å². The van der Waals surface area contributed by atoms with Crippen molar-refractivity contribution in [2.45, 2.75) is 25.2 Å². The summed E-state index contributed by atoms with van der Waals surface area (Å²) in [6.07, 6.45) is 2.66. The molecule has 0 aromatic heterocycles. The highest BCUT2D eigenvalue weighted by atomic mass is 19.1. The van der Waals surface area contributed by atoms with Crippen molar-refractivity contribution >= 4 is 5.91 Å². The zero-order valence-corrected chi connectivity index (χ0v) is 12.9. The number of amides is 1. The summed E-state index contributed by atoms with van der Waals surface area (Å²) in [6.45, 7) is 1.76. The van der Waals surface area contributed by atoms with Crippen LogP contribution in [0, 0.1) is 5.82 Å². The zero-order valence-electron chi connectivity index (χ0n) is 12.9. The first-order valence-corrected chi connectivity index (χ1v) is 8.11. The first-order valence-electron chi connectivity index (χ1n) is 8.11. The van der Waals surface area contributed by atoms with E-state index >= 15 is 0 Å². The topological polar surface area (TPSA) is 55.1 Å². The lowest BCUT2D eigenvalue weighted by Gasteiger charge is -2.26. The molecular formula is C19H19FN2O. The van der Waals surface area contributed by atoms with Gasteiger partial charge in [-0.3, -0.25) is 4.79 Å². The number of fused-ring (bicyclic) bond motifs is 3. The molecule has 23 heavy (non-hydrogen) atoms. The van der Waals surface area contributed by atoms with Gasteiger partial charge in [0.05, 0.1) is 0 Å². The average Bonchev–Trinajstić information content (AvgIpc) is 2.94. The number of carbonyl (C=O) groups excluding carboxylic acids is 1. The van der Waals surface area contributed by atoms with Gasteiger partial charge in [-0.25, -0.2) is 4.39 Å². The summed E-state index contributed by atoms with van der Waals surface area (Å²) >= 11 is 0. The molecule has 1 atom stereocenters. The molecule has 1 fully saturated rings. The van der Waals surface area contributed by atoms with Gasteiger partial charge in [0, 0.05) is 17.7 Å². The van der Waals surface area contributed by atoms with Crippen LogP contribution in [-0.2, 0) is 6.42 Å². The molecule has 4 rings (SSSR count). The number of primary amides is 1. The van der Waals surface area contributed by atoms with E-state index in [2.05, 4.69) is 5.32 Å². The molecule has 3 N–H and O–H groups in total. The van der Waals surface area contributed by atoms with E-state index in [1.807, 2.05) is 24.3 Å². The van der Waals surface area contributed by atoms with E-state index in [0.717, 1.165) is 53.7 Å². The molecule has 2 aliphatic rings. The standard InChI is InChI=1S/C19H19FN2O/c20-16-9-15(19(21)23)14-8-11-4-1-2-6-13(11)18(14)17(16)12-5-3-7-22-10-12/h1-2,4,6,9,12,22H,3,5,7-8,10H2,(H2,21,23). The average molecular weight is 310 g/mol. The third-order valence-electron chi connectivity index (χ3n) is 5.05. The number of nitrogens with one attached hydrogen (secondary N) is 1. The van der Waals surface area contributed by atoms with Crippen LogP contribution in [0.1, 0.15) is 45.8 Å². The first-order chi connectivity index (χ1) is 11.2. The number of piperidine rings is 1. The SMILES string of the molecule is NC(=O)c1cc(F)c(C2CCCNC2)c2c1Cc1ccccc1-2. The number of hydrogen-bond donors (Lipinski definition) is 2. The van der Waals surface area contributed by atoms with Gasteiger partial charge in [-0.2, -0.15) is 0 Å². The van der Waals surface area contributed by atoms with Gasteiger partial charge in [0.25, 0.3) is 0 Å². The molecule has 1 amide bonds. The molecule has 1 unspecified atom stereocenters. The Balaban J connectivity index is 1.98. The van der Waals surface area contributed by atoms with Crippen LogP contribution in [0.2, 0.25) is 0 Å². The van der Waals surface area contributed by atoms with Gasteiger partial charge in [0.1, 0.15) is 5.82 Å². The molecule has 1 aliphatic carbocycles. The van der Waals surface area contributed by atoms with Gasteiger partial charge >= 0.3 is 0 Å². The number of rotatable bonds is 2. The molecule has 0 bridgehead atoms. The minimum atomic E-state index is -0.554. The summed E-state index contributed by atoms with van der Waals surface area (Å²) in [7, 11) is 0. The van der Waals surface area contributed by atoms with Crippen LogP contribution in [0.4, 0.5) is 4.39 Å². The summed E-state index contributed by atoms with van der Waals surface area (Å²) in [5.74, 6) is -0.713. The minimum Gasteiger partial charge on any atom is -0.366 e. The monoisotopic (exact) mass is 310 g/mol. The molecule has 1 saturated heterocycles. The molecule has 0 spiro atoms. The largest absolute Gasteiger partial charge is 0.366 e. The maximum Gasteiger partial charge on any atom is 0.249 e. The van der Waals surface area contributed by atoms with Crippen molar-refractivity contribution < 1.29 is 9.18 Å². The second-order valence-electron chi connectivity index (χ2n) is 6.41. The van der Waals surface area contributed by atoms with Crippen LogP contribution < -0.4 is 11.1 Å². The summed E-state index contributed by atoms with van der Waals surface area (Å²) in [4.78, 5) is 11.8. The molecule has 4 heteroatoms. The molecule has 2 aromatic rings. The predicted molar refractivity (Wildman–Crippen MR) is 88.0 cm³/mol. The van der Waals surface area contributed by atoms with E-state index in [9.17, 15) is 9.18 Å². The Kier molecular flexibility index (Phi) is 3.42. The number of nitrogens with two attached hydrogens (primary N) is 1. The molecule has 1 aliphatic heterocycles. The molecule has 3 nitrogen and oxygen atoms in total. The number of halogens is 1. The summed E-state index contributed by atoms with van der Waals surface area (Å²) in [5.41, 5.74) is 10.6. The van der Waals surface area contributed by atoms with Crippen LogP contribution in [0.15, 0.2) is 30.3 Å². The van der Waals surface area contributed by atoms with Crippen LogP contribution in [0.5, 0.6) is 0 Å². The number of benzene rings is 2. The Hall–Kier alpha value is -2.20. The van der Waals surface area contributed by atoms with Crippen LogP contribution >= 0.6 is 0 Å². The van der Waals surface area contributed by atoms with E-state index < -0.39 is 5.91 Å². The smallest absolute Gasteiger partial charge is 0.249 e. The predicted octanol–water partition coefficient (Wildman–Crippen LogP) is 2.96. The highest BCUT2D eigenvalue weighted by Gasteiger charge is 2.31. The Morgan fingerprint density at radius 1 is 1.30 bits per heavy atom. The van der Waals surface area contributed by atoms with Crippen LogP contribution in [-0.4, -0.2) is 19.0 Å². The third kappa shape index (κ3) is 2.25. The Labute approximate surface area is 134 Å². The van der Waals surface area contributed by atoms with Crippen LogP contribution in [0.3, 0.4) is 0 Å². The molecule has 118 valence electrons.